The van der Waals surface area contributed by atoms with Crippen LogP contribution in [0.4, 0.5) is 13.2 Å². The van der Waals surface area contributed by atoms with E-state index in [4.69, 9.17) is 0 Å². The predicted octanol–water partition coefficient (Wildman–Crippen LogP) is 2.80. The van der Waals surface area contributed by atoms with Crippen LogP contribution in [0.25, 0.3) is 0 Å². The third kappa shape index (κ3) is 6.19. The zero-order chi connectivity index (χ0) is 16.9. The number of hydrogen-bond acceptors (Lipinski definition) is 3. The topological polar surface area (TPSA) is 58.6 Å². The van der Waals surface area contributed by atoms with Gasteiger partial charge in [0.25, 0.3) is 5.91 Å². The number of hydrogen-bond donors (Lipinski definition) is 2. The Morgan fingerprint density at radius 3 is 2.35 bits per heavy atom. The minimum absolute atomic E-state index is 0.0562. The minimum Gasteiger partial charge on any atom is -0.393 e. The van der Waals surface area contributed by atoms with Crippen LogP contribution < -0.4 is 5.32 Å². The van der Waals surface area contributed by atoms with Crippen LogP contribution in [-0.2, 0) is 11.3 Å². The fourth-order valence-electron chi connectivity index (χ4n) is 2.53. The van der Waals surface area contributed by atoms with Crippen molar-refractivity contribution in [3.63, 3.8) is 0 Å². The Morgan fingerprint density at radius 2 is 1.78 bits per heavy atom. The second kappa shape index (κ2) is 7.79. The van der Waals surface area contributed by atoms with Gasteiger partial charge in [-0.15, -0.1) is 0 Å². The van der Waals surface area contributed by atoms with E-state index in [0.29, 0.717) is 24.0 Å². The van der Waals surface area contributed by atoms with Gasteiger partial charge in [-0.2, -0.15) is 13.2 Å². The van der Waals surface area contributed by atoms with Crippen LogP contribution >= 0.6 is 0 Å². The number of amides is 1. The second-order valence-corrected chi connectivity index (χ2v) is 5.78. The van der Waals surface area contributed by atoms with Crippen molar-refractivity contribution in [2.75, 3.05) is 6.61 Å². The minimum atomic E-state index is -4.34. The van der Waals surface area contributed by atoms with E-state index in [1.54, 1.807) is 24.3 Å². The summed E-state index contributed by atoms with van der Waals surface area (Å²) < 4.78 is 40.5. The summed E-state index contributed by atoms with van der Waals surface area (Å²) in [5.74, 6) is -0.214. The SMILES string of the molecule is O=C(NC1CCC(O)CC1)c1ccc(COCC(F)(F)F)cc1. The molecule has 1 aromatic rings. The number of carbonyl (C=O) groups excluding carboxylic acids is 1. The fraction of sp³-hybridized carbons (Fsp3) is 0.562. The maximum atomic E-state index is 12.1. The Morgan fingerprint density at radius 1 is 1.17 bits per heavy atom. The molecule has 1 aromatic carbocycles. The largest absolute Gasteiger partial charge is 0.411 e. The molecule has 1 amide bonds. The molecule has 0 heterocycles. The maximum absolute atomic E-state index is 12.1. The lowest BCUT2D eigenvalue weighted by atomic mass is 9.93. The summed E-state index contributed by atoms with van der Waals surface area (Å²) in [5.41, 5.74) is 1.03. The zero-order valence-electron chi connectivity index (χ0n) is 12.6. The molecule has 0 atom stereocenters. The second-order valence-electron chi connectivity index (χ2n) is 5.78. The summed E-state index contributed by atoms with van der Waals surface area (Å²) in [5, 5.41) is 12.3. The van der Waals surface area contributed by atoms with E-state index >= 15 is 0 Å². The first-order valence-corrected chi connectivity index (χ1v) is 7.56. The van der Waals surface area contributed by atoms with Gasteiger partial charge in [0.15, 0.2) is 0 Å². The molecule has 0 unspecified atom stereocenters. The lowest BCUT2D eigenvalue weighted by Crippen LogP contribution is -2.38. The quantitative estimate of drug-likeness (QED) is 0.872. The van der Waals surface area contributed by atoms with E-state index < -0.39 is 12.8 Å². The monoisotopic (exact) mass is 331 g/mol. The average molecular weight is 331 g/mol. The number of carbonyl (C=O) groups is 1. The van der Waals surface area contributed by atoms with Gasteiger partial charge in [-0.25, -0.2) is 0 Å². The van der Waals surface area contributed by atoms with Crippen molar-refractivity contribution >= 4 is 5.91 Å². The summed E-state index contributed by atoms with van der Waals surface area (Å²) in [6.07, 6.45) is -1.76. The first kappa shape index (κ1) is 17.7. The zero-order valence-corrected chi connectivity index (χ0v) is 12.6. The Bertz CT molecular complexity index is 508. The van der Waals surface area contributed by atoms with Crippen LogP contribution in [0.5, 0.6) is 0 Å². The fourth-order valence-corrected chi connectivity index (χ4v) is 2.53. The molecule has 1 aliphatic carbocycles. The van der Waals surface area contributed by atoms with Gasteiger partial charge in [-0.3, -0.25) is 4.79 Å². The van der Waals surface area contributed by atoms with Gasteiger partial charge in [0.05, 0.1) is 12.7 Å². The van der Waals surface area contributed by atoms with Crippen LogP contribution in [0.2, 0.25) is 0 Å². The molecule has 7 heteroatoms. The molecule has 0 saturated heterocycles. The van der Waals surface area contributed by atoms with Gasteiger partial charge < -0.3 is 15.2 Å². The van der Waals surface area contributed by atoms with Gasteiger partial charge in [0.1, 0.15) is 6.61 Å². The molecule has 23 heavy (non-hydrogen) atoms. The molecular weight excluding hydrogens is 311 g/mol. The first-order chi connectivity index (χ1) is 10.8. The molecule has 1 fully saturated rings. The van der Waals surface area contributed by atoms with Crippen LogP contribution in [-0.4, -0.2) is 35.9 Å². The number of benzene rings is 1. The number of halogens is 3. The van der Waals surface area contributed by atoms with Gasteiger partial charge in [0.2, 0.25) is 0 Å². The third-order valence-electron chi connectivity index (χ3n) is 3.78. The van der Waals surface area contributed by atoms with Gasteiger partial charge in [0, 0.05) is 11.6 Å². The number of aliphatic hydroxyl groups is 1. The number of nitrogens with one attached hydrogen (secondary N) is 1. The molecule has 1 saturated carbocycles. The van der Waals surface area contributed by atoms with Crippen LogP contribution in [0.15, 0.2) is 24.3 Å². The van der Waals surface area contributed by atoms with Crippen LogP contribution in [0, 0.1) is 0 Å². The summed E-state index contributed by atoms with van der Waals surface area (Å²) in [6, 6.07) is 6.35. The Labute approximate surface area is 132 Å². The molecular formula is C16H20F3NO3. The normalized spacial score (nSPS) is 21.9. The van der Waals surface area contributed by atoms with Crippen LogP contribution in [0.1, 0.15) is 41.6 Å². The molecule has 2 rings (SSSR count). The Hall–Kier alpha value is -1.60. The van der Waals surface area contributed by atoms with E-state index in [1.807, 2.05) is 0 Å². The summed E-state index contributed by atoms with van der Waals surface area (Å²) >= 11 is 0. The number of ether oxygens (including phenoxy) is 1. The van der Waals surface area contributed by atoms with Crippen molar-refractivity contribution in [1.29, 1.82) is 0 Å². The lowest BCUT2D eigenvalue weighted by Gasteiger charge is -2.26. The lowest BCUT2D eigenvalue weighted by molar-refractivity contribution is -0.176. The third-order valence-corrected chi connectivity index (χ3v) is 3.78. The van der Waals surface area contributed by atoms with Gasteiger partial charge >= 0.3 is 6.18 Å². The number of alkyl halides is 3. The molecule has 0 aromatic heterocycles. The van der Waals surface area contributed by atoms with E-state index in [9.17, 15) is 23.1 Å². The van der Waals surface area contributed by atoms with E-state index in [-0.39, 0.29) is 24.7 Å². The predicted molar refractivity (Wildman–Crippen MR) is 77.9 cm³/mol. The van der Waals surface area contributed by atoms with Crippen molar-refractivity contribution in [2.24, 2.45) is 0 Å². The highest BCUT2D eigenvalue weighted by Crippen LogP contribution is 2.19. The van der Waals surface area contributed by atoms with E-state index in [0.717, 1.165) is 12.8 Å². The van der Waals surface area contributed by atoms with Crippen molar-refractivity contribution in [1.82, 2.24) is 5.32 Å². The maximum Gasteiger partial charge on any atom is 0.411 e. The molecule has 0 radical (unpaired) electrons. The number of aliphatic hydroxyl groups excluding tert-OH is 1. The smallest absolute Gasteiger partial charge is 0.393 e. The highest BCUT2D eigenvalue weighted by atomic mass is 19.4. The number of rotatable bonds is 5. The standard InChI is InChI=1S/C16H20F3NO3/c17-16(18,19)10-23-9-11-1-3-12(4-2-11)15(22)20-13-5-7-14(21)8-6-13/h1-4,13-14,21H,5-10H2,(H,20,22). The summed E-state index contributed by atoms with van der Waals surface area (Å²) in [7, 11) is 0. The summed E-state index contributed by atoms with van der Waals surface area (Å²) in [4.78, 5) is 12.1. The average Bonchev–Trinajstić information content (AvgIpc) is 2.49. The Kier molecular flexibility index (Phi) is 6.01. The molecule has 0 aliphatic heterocycles. The molecule has 2 N–H and O–H groups in total. The highest BCUT2D eigenvalue weighted by molar-refractivity contribution is 5.94. The van der Waals surface area contributed by atoms with Gasteiger partial charge in [-0.1, -0.05) is 12.1 Å². The van der Waals surface area contributed by atoms with Crippen molar-refractivity contribution < 1.29 is 27.8 Å². The van der Waals surface area contributed by atoms with Gasteiger partial charge in [-0.05, 0) is 43.4 Å². The van der Waals surface area contributed by atoms with E-state index in [2.05, 4.69) is 10.1 Å². The van der Waals surface area contributed by atoms with E-state index in [1.165, 1.54) is 0 Å². The molecule has 128 valence electrons. The molecule has 0 spiro atoms. The molecule has 0 bridgehead atoms. The Balaban J connectivity index is 1.80. The van der Waals surface area contributed by atoms with Crippen molar-refractivity contribution in [3.05, 3.63) is 35.4 Å². The molecule has 1 aliphatic rings. The van der Waals surface area contributed by atoms with Crippen LogP contribution in [0.3, 0.4) is 0 Å². The highest BCUT2D eigenvalue weighted by Gasteiger charge is 2.27. The first-order valence-electron chi connectivity index (χ1n) is 7.56. The molecule has 4 nitrogen and oxygen atoms in total. The van der Waals surface area contributed by atoms with Crippen molar-refractivity contribution in [2.45, 2.75) is 50.6 Å². The summed E-state index contributed by atoms with van der Waals surface area (Å²) in [6.45, 7) is -1.44. The van der Waals surface area contributed by atoms with Crippen molar-refractivity contribution in [3.8, 4) is 0 Å².